The molecule has 0 N–H and O–H groups in total. The molecule has 2 fully saturated rings. The van der Waals surface area contributed by atoms with E-state index in [1.54, 1.807) is 0 Å². The first-order valence-corrected chi connectivity index (χ1v) is 8.35. The van der Waals surface area contributed by atoms with Gasteiger partial charge in [-0.25, -0.2) is 8.78 Å². The topological polar surface area (TPSA) is 38.1 Å². The molecule has 7 heteroatoms. The standard InChI is InChI=1S/C17H16ClF2N3O/c18-15-14(22-7-1-4-17(10-22)5-6-17)9-21-23(16(15)24)13-3-2-11(19)8-12(13)20/h2-3,8-9H,1,4-7,10H2. The van der Waals surface area contributed by atoms with E-state index in [-0.39, 0.29) is 10.7 Å². The van der Waals surface area contributed by atoms with Crippen LogP contribution in [0.25, 0.3) is 5.69 Å². The van der Waals surface area contributed by atoms with Gasteiger partial charge in [-0.2, -0.15) is 9.78 Å². The van der Waals surface area contributed by atoms with Crippen molar-refractivity contribution < 1.29 is 8.78 Å². The van der Waals surface area contributed by atoms with Crippen LogP contribution in [0.4, 0.5) is 14.5 Å². The van der Waals surface area contributed by atoms with E-state index in [1.165, 1.54) is 31.5 Å². The van der Waals surface area contributed by atoms with E-state index in [2.05, 4.69) is 10.00 Å². The number of benzene rings is 1. The molecule has 2 aliphatic rings. The van der Waals surface area contributed by atoms with Gasteiger partial charge in [-0.1, -0.05) is 11.6 Å². The van der Waals surface area contributed by atoms with Crippen LogP contribution >= 0.6 is 11.6 Å². The molecule has 126 valence electrons. The van der Waals surface area contributed by atoms with Gasteiger partial charge in [0, 0.05) is 19.2 Å². The van der Waals surface area contributed by atoms with E-state index in [0.717, 1.165) is 30.3 Å². The van der Waals surface area contributed by atoms with Crippen molar-refractivity contribution in [2.75, 3.05) is 18.0 Å². The van der Waals surface area contributed by atoms with Gasteiger partial charge in [0.15, 0.2) is 5.82 Å². The lowest BCUT2D eigenvalue weighted by Crippen LogP contribution is -2.38. The highest BCUT2D eigenvalue weighted by Crippen LogP contribution is 2.52. The van der Waals surface area contributed by atoms with Crippen molar-refractivity contribution in [1.29, 1.82) is 0 Å². The smallest absolute Gasteiger partial charge is 0.292 e. The summed E-state index contributed by atoms with van der Waals surface area (Å²) in [6, 6.07) is 2.97. The van der Waals surface area contributed by atoms with Gasteiger partial charge in [0.05, 0.1) is 11.9 Å². The Morgan fingerprint density at radius 3 is 2.67 bits per heavy atom. The van der Waals surface area contributed by atoms with Crippen LogP contribution in [0.1, 0.15) is 25.7 Å². The zero-order valence-electron chi connectivity index (χ0n) is 12.9. The zero-order chi connectivity index (χ0) is 16.9. The normalized spacial score (nSPS) is 18.9. The zero-order valence-corrected chi connectivity index (χ0v) is 13.7. The van der Waals surface area contributed by atoms with E-state index in [9.17, 15) is 13.6 Å². The average Bonchev–Trinajstić information content (AvgIpc) is 3.29. The minimum absolute atomic E-state index is 0.0198. The van der Waals surface area contributed by atoms with Crippen LogP contribution in [0.15, 0.2) is 29.2 Å². The predicted octanol–water partition coefficient (Wildman–Crippen LogP) is 3.54. The second-order valence-electron chi connectivity index (χ2n) is 6.68. The molecule has 4 rings (SSSR count). The number of halogens is 3. The number of aromatic nitrogens is 2. The summed E-state index contributed by atoms with van der Waals surface area (Å²) >= 11 is 6.27. The molecule has 1 aliphatic heterocycles. The Balaban J connectivity index is 1.72. The molecule has 1 spiro atoms. The molecule has 0 radical (unpaired) electrons. The third-order valence-electron chi connectivity index (χ3n) is 5.00. The van der Waals surface area contributed by atoms with Gasteiger partial charge in [-0.15, -0.1) is 0 Å². The number of rotatable bonds is 2. The van der Waals surface area contributed by atoms with Crippen molar-refractivity contribution in [3.8, 4) is 5.69 Å². The minimum Gasteiger partial charge on any atom is -0.368 e. The van der Waals surface area contributed by atoms with Gasteiger partial charge in [0.2, 0.25) is 0 Å². The molecule has 0 bridgehead atoms. The van der Waals surface area contributed by atoms with Gasteiger partial charge in [0.25, 0.3) is 5.56 Å². The lowest BCUT2D eigenvalue weighted by Gasteiger charge is -2.34. The maximum absolute atomic E-state index is 13.9. The number of hydrogen-bond acceptors (Lipinski definition) is 3. The fourth-order valence-corrected chi connectivity index (χ4v) is 3.72. The lowest BCUT2D eigenvalue weighted by atomic mass is 9.95. The van der Waals surface area contributed by atoms with Crippen molar-refractivity contribution in [2.24, 2.45) is 5.41 Å². The minimum atomic E-state index is -0.858. The Morgan fingerprint density at radius 1 is 1.17 bits per heavy atom. The fraction of sp³-hybridized carbons (Fsp3) is 0.412. The first-order chi connectivity index (χ1) is 11.5. The van der Waals surface area contributed by atoms with Crippen LogP contribution in [0.3, 0.4) is 0 Å². The van der Waals surface area contributed by atoms with Gasteiger partial charge < -0.3 is 4.90 Å². The van der Waals surface area contributed by atoms with E-state index in [0.29, 0.717) is 17.2 Å². The molecule has 1 aromatic heterocycles. The largest absolute Gasteiger partial charge is 0.368 e. The highest BCUT2D eigenvalue weighted by atomic mass is 35.5. The molecular formula is C17H16ClF2N3O. The van der Waals surface area contributed by atoms with E-state index < -0.39 is 17.2 Å². The van der Waals surface area contributed by atoms with Crippen molar-refractivity contribution in [3.63, 3.8) is 0 Å². The second-order valence-corrected chi connectivity index (χ2v) is 7.06. The molecule has 0 amide bonds. The summed E-state index contributed by atoms with van der Waals surface area (Å²) in [5.74, 6) is -1.57. The number of anilines is 1. The monoisotopic (exact) mass is 351 g/mol. The number of hydrogen-bond donors (Lipinski definition) is 0. The molecule has 2 aromatic rings. The molecule has 4 nitrogen and oxygen atoms in total. The average molecular weight is 352 g/mol. The van der Waals surface area contributed by atoms with Crippen LogP contribution in [0.5, 0.6) is 0 Å². The molecule has 1 aromatic carbocycles. The molecule has 2 heterocycles. The highest BCUT2D eigenvalue weighted by Gasteiger charge is 2.45. The van der Waals surface area contributed by atoms with Crippen molar-refractivity contribution in [3.05, 3.63) is 51.4 Å². The fourth-order valence-electron chi connectivity index (χ4n) is 3.47. The van der Waals surface area contributed by atoms with Crippen molar-refractivity contribution >= 4 is 17.3 Å². The van der Waals surface area contributed by atoms with E-state index >= 15 is 0 Å². The van der Waals surface area contributed by atoms with Gasteiger partial charge in [-0.05, 0) is 43.2 Å². The van der Waals surface area contributed by atoms with Gasteiger partial charge in [-0.3, -0.25) is 4.79 Å². The van der Waals surface area contributed by atoms with E-state index in [1.807, 2.05) is 0 Å². The third-order valence-corrected chi connectivity index (χ3v) is 5.35. The Hall–Kier alpha value is -1.95. The summed E-state index contributed by atoms with van der Waals surface area (Å²) in [7, 11) is 0. The summed E-state index contributed by atoms with van der Waals surface area (Å²) < 4.78 is 27.8. The molecule has 1 saturated carbocycles. The van der Waals surface area contributed by atoms with Crippen LogP contribution in [-0.4, -0.2) is 22.9 Å². The Bertz CT molecular complexity index is 863. The quantitative estimate of drug-likeness (QED) is 0.830. The summed E-state index contributed by atoms with van der Waals surface area (Å²) in [4.78, 5) is 14.6. The van der Waals surface area contributed by atoms with E-state index in [4.69, 9.17) is 11.6 Å². The van der Waals surface area contributed by atoms with Crippen LogP contribution in [0.2, 0.25) is 5.02 Å². The molecule has 24 heavy (non-hydrogen) atoms. The Labute approximate surface area is 142 Å². The van der Waals surface area contributed by atoms with Gasteiger partial charge >= 0.3 is 0 Å². The first kappa shape index (κ1) is 15.6. The second kappa shape index (κ2) is 5.55. The molecule has 1 saturated heterocycles. The van der Waals surface area contributed by atoms with Crippen LogP contribution in [0, 0.1) is 17.0 Å². The van der Waals surface area contributed by atoms with Crippen molar-refractivity contribution in [2.45, 2.75) is 25.7 Å². The maximum atomic E-state index is 13.9. The lowest BCUT2D eigenvalue weighted by molar-refractivity contribution is 0.395. The summed E-state index contributed by atoms with van der Waals surface area (Å²) in [6.45, 7) is 1.71. The first-order valence-electron chi connectivity index (χ1n) is 7.97. The number of nitrogens with zero attached hydrogens (tertiary/aromatic N) is 3. The predicted molar refractivity (Wildman–Crippen MR) is 87.9 cm³/mol. The van der Waals surface area contributed by atoms with Gasteiger partial charge in [0.1, 0.15) is 16.5 Å². The van der Waals surface area contributed by atoms with Crippen LogP contribution in [-0.2, 0) is 0 Å². The maximum Gasteiger partial charge on any atom is 0.292 e. The summed E-state index contributed by atoms with van der Waals surface area (Å²) in [6.07, 6.45) is 6.20. The third kappa shape index (κ3) is 2.59. The molecule has 0 unspecified atom stereocenters. The Kier molecular flexibility index (Phi) is 3.60. The summed E-state index contributed by atoms with van der Waals surface area (Å²) in [5.41, 5.74) is 0.244. The molecule has 0 atom stereocenters. The molecule has 1 aliphatic carbocycles. The highest BCUT2D eigenvalue weighted by molar-refractivity contribution is 6.33. The SMILES string of the molecule is O=c1c(Cl)c(N2CCCC3(CC3)C2)cnn1-c1ccc(F)cc1F. The van der Waals surface area contributed by atoms with Crippen LogP contribution < -0.4 is 10.5 Å². The summed E-state index contributed by atoms with van der Waals surface area (Å²) in [5, 5.41) is 4.08. The number of piperidine rings is 1. The van der Waals surface area contributed by atoms with Crippen molar-refractivity contribution in [1.82, 2.24) is 9.78 Å². The Morgan fingerprint density at radius 2 is 1.96 bits per heavy atom. The molecular weight excluding hydrogens is 336 g/mol.